The Kier molecular flexibility index (Phi) is 4.36. The van der Waals surface area contributed by atoms with Gasteiger partial charge in [0.15, 0.2) is 0 Å². The largest absolute Gasteiger partial charge is 0.381 e. The highest BCUT2D eigenvalue weighted by Crippen LogP contribution is 2.39. The van der Waals surface area contributed by atoms with Crippen LogP contribution in [0.5, 0.6) is 0 Å². The van der Waals surface area contributed by atoms with Crippen molar-refractivity contribution in [3.8, 4) is 0 Å². The summed E-state index contributed by atoms with van der Waals surface area (Å²) in [4.78, 5) is 6.42. The number of hydrogen-bond acceptors (Lipinski definition) is 5. The lowest BCUT2D eigenvalue weighted by atomic mass is 9.91. The lowest BCUT2D eigenvalue weighted by molar-refractivity contribution is 0.00224. The van der Waals surface area contributed by atoms with E-state index in [1.807, 2.05) is 12.1 Å². The molecule has 0 N–H and O–H groups in total. The third kappa shape index (κ3) is 2.98. The van der Waals surface area contributed by atoms with E-state index in [1.54, 1.807) is 23.8 Å². The number of methoxy groups -OCH3 is 1. The summed E-state index contributed by atoms with van der Waals surface area (Å²) in [5.41, 5.74) is 1.22. The van der Waals surface area contributed by atoms with Gasteiger partial charge >= 0.3 is 0 Å². The molecule has 0 amide bonds. The second-order valence-corrected chi connectivity index (χ2v) is 9.36. The minimum Gasteiger partial charge on any atom is -0.381 e. The Hall–Kier alpha value is -1.02. The van der Waals surface area contributed by atoms with Crippen molar-refractivity contribution in [3.63, 3.8) is 0 Å². The molecule has 1 saturated carbocycles. The van der Waals surface area contributed by atoms with Gasteiger partial charge in [-0.1, -0.05) is 0 Å². The number of hydrogen-bond donors (Lipinski definition) is 0. The van der Waals surface area contributed by atoms with Crippen LogP contribution in [-0.2, 0) is 21.3 Å². The maximum absolute atomic E-state index is 12.8. The smallest absolute Gasteiger partial charge is 0.217 e. The van der Waals surface area contributed by atoms with E-state index in [2.05, 4.69) is 9.88 Å². The summed E-state index contributed by atoms with van der Waals surface area (Å²) in [6, 6.07) is 4.10. The Labute approximate surface area is 143 Å². The molecule has 1 aliphatic carbocycles. The van der Waals surface area contributed by atoms with Gasteiger partial charge in [0.25, 0.3) is 0 Å². The van der Waals surface area contributed by atoms with Crippen LogP contribution in [0.1, 0.15) is 24.8 Å². The normalized spacial score (nSPS) is 32.0. The third-order valence-corrected chi connectivity index (χ3v) is 8.04. The highest BCUT2D eigenvalue weighted by molar-refractivity contribution is 7.90. The Morgan fingerprint density at radius 1 is 1.21 bits per heavy atom. The number of fused-ring (bicyclic) bond motifs is 1. The standard InChI is InChI=1S/C17H25N3O3S/c1-23-17-6-9-20(24(21,22)14-2-3-14)16-12-19(11-15(16)17)10-13-4-7-18-8-5-13/h4-5,7-8,14-17H,2-3,6,9-12H2,1H3/t15-,16+,17+/m0/s1. The Morgan fingerprint density at radius 2 is 1.96 bits per heavy atom. The van der Waals surface area contributed by atoms with Gasteiger partial charge in [0.2, 0.25) is 10.0 Å². The van der Waals surface area contributed by atoms with Gasteiger partial charge in [-0.2, -0.15) is 4.31 Å². The molecule has 4 rings (SSSR count). The molecule has 3 aliphatic rings. The van der Waals surface area contributed by atoms with E-state index in [1.165, 1.54) is 5.56 Å². The molecule has 1 aromatic rings. The Bertz CT molecular complexity index is 678. The minimum atomic E-state index is -3.13. The van der Waals surface area contributed by atoms with Gasteiger partial charge in [-0.05, 0) is 37.0 Å². The van der Waals surface area contributed by atoms with Crippen LogP contribution < -0.4 is 0 Å². The molecule has 7 heteroatoms. The van der Waals surface area contributed by atoms with Crippen molar-refractivity contribution in [1.29, 1.82) is 0 Å². The molecule has 2 saturated heterocycles. The summed E-state index contributed by atoms with van der Waals surface area (Å²) in [6.07, 6.45) is 6.21. The number of rotatable bonds is 5. The van der Waals surface area contributed by atoms with E-state index in [-0.39, 0.29) is 23.3 Å². The molecule has 0 aromatic carbocycles. The van der Waals surface area contributed by atoms with Crippen molar-refractivity contribution < 1.29 is 13.2 Å². The molecule has 3 heterocycles. The zero-order valence-corrected chi connectivity index (χ0v) is 14.9. The van der Waals surface area contributed by atoms with Crippen LogP contribution in [0.25, 0.3) is 0 Å². The van der Waals surface area contributed by atoms with Gasteiger partial charge < -0.3 is 4.74 Å². The van der Waals surface area contributed by atoms with Crippen molar-refractivity contribution >= 4 is 10.0 Å². The Balaban J connectivity index is 1.53. The maximum Gasteiger partial charge on any atom is 0.217 e. The van der Waals surface area contributed by atoms with Crippen LogP contribution in [-0.4, -0.2) is 66.7 Å². The molecule has 3 fully saturated rings. The molecule has 2 aliphatic heterocycles. The van der Waals surface area contributed by atoms with Gasteiger partial charge in [0.1, 0.15) is 0 Å². The maximum atomic E-state index is 12.8. The summed E-state index contributed by atoms with van der Waals surface area (Å²) < 4.78 is 33.1. The van der Waals surface area contributed by atoms with E-state index in [0.29, 0.717) is 6.54 Å². The molecule has 132 valence electrons. The van der Waals surface area contributed by atoms with Crippen molar-refractivity contribution in [2.45, 2.75) is 43.2 Å². The summed E-state index contributed by atoms with van der Waals surface area (Å²) in [6.45, 7) is 3.12. The zero-order valence-electron chi connectivity index (χ0n) is 14.0. The highest BCUT2D eigenvalue weighted by Gasteiger charge is 2.51. The molecule has 3 atom stereocenters. The number of sulfonamides is 1. The number of aromatic nitrogens is 1. The molecule has 24 heavy (non-hydrogen) atoms. The topological polar surface area (TPSA) is 62.7 Å². The van der Waals surface area contributed by atoms with Crippen LogP contribution in [0.4, 0.5) is 0 Å². The predicted molar refractivity (Wildman–Crippen MR) is 90.9 cm³/mol. The van der Waals surface area contributed by atoms with Gasteiger partial charge in [-0.3, -0.25) is 9.88 Å². The van der Waals surface area contributed by atoms with Crippen LogP contribution in [0.15, 0.2) is 24.5 Å². The molecule has 0 bridgehead atoms. The van der Waals surface area contributed by atoms with Crippen molar-refractivity contribution in [2.24, 2.45) is 5.92 Å². The monoisotopic (exact) mass is 351 g/mol. The third-order valence-electron chi connectivity index (χ3n) is 5.62. The van der Waals surface area contributed by atoms with Crippen molar-refractivity contribution in [2.75, 3.05) is 26.7 Å². The van der Waals surface area contributed by atoms with E-state index in [4.69, 9.17) is 4.74 Å². The average molecular weight is 351 g/mol. The molecular formula is C17H25N3O3S. The van der Waals surface area contributed by atoms with Crippen molar-refractivity contribution in [1.82, 2.24) is 14.2 Å². The van der Waals surface area contributed by atoms with Gasteiger partial charge in [-0.15, -0.1) is 0 Å². The van der Waals surface area contributed by atoms with Gasteiger partial charge in [0, 0.05) is 57.6 Å². The quantitative estimate of drug-likeness (QED) is 0.795. The Morgan fingerprint density at radius 3 is 2.62 bits per heavy atom. The molecule has 6 nitrogen and oxygen atoms in total. The molecule has 0 unspecified atom stereocenters. The molecular weight excluding hydrogens is 326 g/mol. The zero-order chi connectivity index (χ0) is 16.7. The molecule has 1 aromatic heterocycles. The lowest BCUT2D eigenvalue weighted by Gasteiger charge is -2.40. The van der Waals surface area contributed by atoms with Crippen LogP contribution >= 0.6 is 0 Å². The second-order valence-electron chi connectivity index (χ2n) is 7.20. The fourth-order valence-electron chi connectivity index (χ4n) is 4.24. The van der Waals surface area contributed by atoms with Crippen LogP contribution in [0.3, 0.4) is 0 Å². The summed E-state index contributed by atoms with van der Waals surface area (Å²) in [5, 5.41) is -0.133. The minimum absolute atomic E-state index is 0.0520. The fourth-order valence-corrected chi connectivity index (χ4v) is 6.32. The number of nitrogens with zero attached hydrogens (tertiary/aromatic N) is 3. The SMILES string of the molecule is CO[C@@H]1CCN(S(=O)(=O)C2CC2)[C@@H]2CN(Cc3ccncc3)C[C@@H]21. The molecule has 0 spiro atoms. The number of piperidine rings is 1. The molecule has 0 radical (unpaired) electrons. The van der Waals surface area contributed by atoms with Gasteiger partial charge in [0.05, 0.1) is 11.4 Å². The van der Waals surface area contributed by atoms with E-state index in [0.717, 1.165) is 38.9 Å². The first-order valence-electron chi connectivity index (χ1n) is 8.74. The van der Waals surface area contributed by atoms with E-state index in [9.17, 15) is 8.42 Å². The summed E-state index contributed by atoms with van der Waals surface area (Å²) in [5.74, 6) is 0.263. The van der Waals surface area contributed by atoms with E-state index < -0.39 is 10.0 Å². The summed E-state index contributed by atoms with van der Waals surface area (Å²) >= 11 is 0. The van der Waals surface area contributed by atoms with Gasteiger partial charge in [-0.25, -0.2) is 8.42 Å². The first kappa shape index (κ1) is 16.4. The second kappa shape index (κ2) is 6.37. The van der Waals surface area contributed by atoms with E-state index >= 15 is 0 Å². The number of likely N-dealkylation sites (tertiary alicyclic amines) is 1. The lowest BCUT2D eigenvalue weighted by Crippen LogP contribution is -2.54. The highest BCUT2D eigenvalue weighted by atomic mass is 32.2. The first-order valence-corrected chi connectivity index (χ1v) is 10.2. The van der Waals surface area contributed by atoms with Crippen LogP contribution in [0.2, 0.25) is 0 Å². The van der Waals surface area contributed by atoms with Crippen molar-refractivity contribution in [3.05, 3.63) is 30.1 Å². The number of ether oxygens (including phenoxy) is 1. The summed E-state index contributed by atoms with van der Waals surface area (Å²) in [7, 11) is -1.38. The van der Waals surface area contributed by atoms with Crippen LogP contribution in [0, 0.1) is 5.92 Å². The first-order chi connectivity index (χ1) is 11.6. The fraction of sp³-hybridized carbons (Fsp3) is 0.706. The predicted octanol–water partition coefficient (Wildman–Crippen LogP) is 1.09. The number of pyridine rings is 1. The average Bonchev–Trinajstić information content (AvgIpc) is 3.36.